The molecule has 112 valence electrons. The maximum absolute atomic E-state index is 13.5. The molecule has 2 atom stereocenters. The molecule has 4 heteroatoms. The van der Waals surface area contributed by atoms with Gasteiger partial charge in [-0.15, -0.1) is 0 Å². The number of hydrogen-bond donors (Lipinski definition) is 2. The van der Waals surface area contributed by atoms with E-state index in [2.05, 4.69) is 10.3 Å². The van der Waals surface area contributed by atoms with Crippen LogP contribution in [0.3, 0.4) is 0 Å². The number of rotatable bonds is 7. The van der Waals surface area contributed by atoms with Crippen LogP contribution in [-0.2, 0) is 6.42 Å². The van der Waals surface area contributed by atoms with Crippen molar-refractivity contribution in [2.24, 2.45) is 0 Å². The Morgan fingerprint density at radius 1 is 1.19 bits per heavy atom. The molecule has 0 amide bonds. The molecule has 0 radical (unpaired) electrons. The summed E-state index contributed by atoms with van der Waals surface area (Å²) in [4.78, 5) is 3.93. The standard InChI is InChI=1S/C17H21FN2O/c1-13(6-7-14-4-2-3-5-16(14)18)20-12-17(21)15-8-10-19-11-9-15/h2-5,8-11,13,17,20-21H,6-7,12H2,1H3. The summed E-state index contributed by atoms with van der Waals surface area (Å²) in [5.41, 5.74) is 1.58. The number of pyridine rings is 1. The van der Waals surface area contributed by atoms with E-state index in [1.54, 1.807) is 30.6 Å². The Hall–Kier alpha value is -1.78. The van der Waals surface area contributed by atoms with Crippen LogP contribution in [0.4, 0.5) is 4.39 Å². The molecule has 2 aromatic rings. The van der Waals surface area contributed by atoms with Gasteiger partial charge >= 0.3 is 0 Å². The van der Waals surface area contributed by atoms with Gasteiger partial charge < -0.3 is 10.4 Å². The fourth-order valence-corrected chi connectivity index (χ4v) is 2.19. The number of aromatic nitrogens is 1. The Morgan fingerprint density at radius 2 is 1.90 bits per heavy atom. The number of hydrogen-bond acceptors (Lipinski definition) is 3. The lowest BCUT2D eigenvalue weighted by Crippen LogP contribution is -2.30. The zero-order valence-corrected chi connectivity index (χ0v) is 12.2. The summed E-state index contributed by atoms with van der Waals surface area (Å²) in [6.45, 7) is 2.52. The fourth-order valence-electron chi connectivity index (χ4n) is 2.19. The number of aliphatic hydroxyl groups is 1. The van der Waals surface area contributed by atoms with Crippen LogP contribution in [0, 0.1) is 5.82 Å². The minimum atomic E-state index is -0.552. The van der Waals surface area contributed by atoms with Crippen molar-refractivity contribution in [2.45, 2.75) is 31.9 Å². The smallest absolute Gasteiger partial charge is 0.126 e. The van der Waals surface area contributed by atoms with E-state index in [4.69, 9.17) is 0 Å². The first kappa shape index (κ1) is 15.6. The van der Waals surface area contributed by atoms with Gasteiger partial charge in [-0.1, -0.05) is 18.2 Å². The minimum absolute atomic E-state index is 0.151. The molecular weight excluding hydrogens is 267 g/mol. The molecule has 2 rings (SSSR count). The van der Waals surface area contributed by atoms with Gasteiger partial charge in [-0.3, -0.25) is 4.98 Å². The average Bonchev–Trinajstić information content (AvgIpc) is 2.52. The highest BCUT2D eigenvalue weighted by atomic mass is 19.1. The topological polar surface area (TPSA) is 45.1 Å². The highest BCUT2D eigenvalue weighted by molar-refractivity contribution is 5.17. The molecule has 1 aromatic carbocycles. The molecule has 0 aliphatic heterocycles. The lowest BCUT2D eigenvalue weighted by molar-refractivity contribution is 0.170. The highest BCUT2D eigenvalue weighted by Gasteiger charge is 2.10. The first-order chi connectivity index (χ1) is 10.2. The largest absolute Gasteiger partial charge is 0.387 e. The van der Waals surface area contributed by atoms with Crippen LogP contribution in [0.5, 0.6) is 0 Å². The summed E-state index contributed by atoms with van der Waals surface area (Å²) in [6, 6.07) is 10.7. The van der Waals surface area contributed by atoms with Gasteiger partial charge in [0.1, 0.15) is 5.82 Å². The molecule has 0 spiro atoms. The second kappa shape index (κ2) is 7.86. The lowest BCUT2D eigenvalue weighted by atomic mass is 10.1. The third-order valence-electron chi connectivity index (χ3n) is 3.56. The highest BCUT2D eigenvalue weighted by Crippen LogP contribution is 2.12. The van der Waals surface area contributed by atoms with Crippen LogP contribution >= 0.6 is 0 Å². The van der Waals surface area contributed by atoms with E-state index in [0.29, 0.717) is 13.0 Å². The number of aryl methyl sites for hydroxylation is 1. The van der Waals surface area contributed by atoms with Crippen molar-refractivity contribution in [3.8, 4) is 0 Å². The van der Waals surface area contributed by atoms with Crippen LogP contribution in [-0.4, -0.2) is 22.7 Å². The Kier molecular flexibility index (Phi) is 5.84. The minimum Gasteiger partial charge on any atom is -0.387 e. The van der Waals surface area contributed by atoms with Gasteiger partial charge in [0.05, 0.1) is 6.10 Å². The van der Waals surface area contributed by atoms with Crippen LogP contribution in [0.15, 0.2) is 48.8 Å². The zero-order valence-electron chi connectivity index (χ0n) is 12.2. The van der Waals surface area contributed by atoms with Crippen molar-refractivity contribution in [3.05, 3.63) is 65.7 Å². The van der Waals surface area contributed by atoms with Gasteiger partial charge in [0.2, 0.25) is 0 Å². The van der Waals surface area contributed by atoms with E-state index in [1.807, 2.05) is 19.1 Å². The molecule has 0 bridgehead atoms. The summed E-state index contributed by atoms with van der Waals surface area (Å²) < 4.78 is 13.5. The van der Waals surface area contributed by atoms with Crippen LogP contribution in [0.2, 0.25) is 0 Å². The summed E-state index contributed by atoms with van der Waals surface area (Å²) in [5, 5.41) is 13.3. The van der Waals surface area contributed by atoms with Crippen molar-refractivity contribution in [3.63, 3.8) is 0 Å². The zero-order chi connectivity index (χ0) is 15.1. The summed E-state index contributed by atoms with van der Waals surface area (Å²) >= 11 is 0. The molecule has 0 aliphatic carbocycles. The molecule has 1 aromatic heterocycles. The SMILES string of the molecule is CC(CCc1ccccc1F)NCC(O)c1ccncc1. The van der Waals surface area contributed by atoms with Gasteiger partial charge in [-0.05, 0) is 49.1 Å². The van der Waals surface area contributed by atoms with Gasteiger partial charge in [-0.25, -0.2) is 4.39 Å². The number of aliphatic hydroxyl groups excluding tert-OH is 1. The predicted octanol–water partition coefficient (Wildman–Crippen LogP) is 2.87. The van der Waals surface area contributed by atoms with Crippen LogP contribution < -0.4 is 5.32 Å². The number of halogens is 1. The van der Waals surface area contributed by atoms with Gasteiger partial charge in [-0.2, -0.15) is 0 Å². The average molecular weight is 288 g/mol. The summed E-state index contributed by atoms with van der Waals surface area (Å²) in [7, 11) is 0. The van der Waals surface area contributed by atoms with Gasteiger partial charge in [0.15, 0.2) is 0 Å². The third kappa shape index (κ3) is 4.92. The Labute approximate surface area is 124 Å². The number of nitrogens with one attached hydrogen (secondary N) is 1. The van der Waals surface area contributed by atoms with E-state index in [-0.39, 0.29) is 11.9 Å². The summed E-state index contributed by atoms with van der Waals surface area (Å²) in [6.07, 6.45) is 4.29. The molecule has 2 N–H and O–H groups in total. The molecule has 21 heavy (non-hydrogen) atoms. The molecule has 1 heterocycles. The van der Waals surface area contributed by atoms with Gasteiger partial charge in [0.25, 0.3) is 0 Å². The van der Waals surface area contributed by atoms with Crippen molar-refractivity contribution >= 4 is 0 Å². The molecule has 0 fully saturated rings. The number of benzene rings is 1. The molecule has 3 nitrogen and oxygen atoms in total. The van der Waals surface area contributed by atoms with Crippen LogP contribution in [0.1, 0.15) is 30.6 Å². The molecule has 0 aliphatic rings. The second-order valence-corrected chi connectivity index (χ2v) is 5.24. The molecule has 2 unspecified atom stereocenters. The van der Waals surface area contributed by atoms with E-state index in [9.17, 15) is 9.50 Å². The molecule has 0 saturated carbocycles. The second-order valence-electron chi connectivity index (χ2n) is 5.24. The molecule has 0 saturated heterocycles. The Morgan fingerprint density at radius 3 is 2.62 bits per heavy atom. The van der Waals surface area contributed by atoms with Crippen molar-refractivity contribution < 1.29 is 9.50 Å². The van der Waals surface area contributed by atoms with E-state index in [0.717, 1.165) is 17.5 Å². The monoisotopic (exact) mass is 288 g/mol. The first-order valence-corrected chi connectivity index (χ1v) is 7.21. The molecular formula is C17H21FN2O. The van der Waals surface area contributed by atoms with Crippen molar-refractivity contribution in [1.82, 2.24) is 10.3 Å². The maximum atomic E-state index is 13.5. The maximum Gasteiger partial charge on any atom is 0.126 e. The van der Waals surface area contributed by atoms with Crippen molar-refractivity contribution in [2.75, 3.05) is 6.54 Å². The Balaban J connectivity index is 1.75. The summed E-state index contributed by atoms with van der Waals surface area (Å²) in [5.74, 6) is -0.151. The fraction of sp³-hybridized carbons (Fsp3) is 0.353. The lowest BCUT2D eigenvalue weighted by Gasteiger charge is -2.17. The normalized spacial score (nSPS) is 13.9. The predicted molar refractivity (Wildman–Crippen MR) is 81.4 cm³/mol. The van der Waals surface area contributed by atoms with Crippen LogP contribution in [0.25, 0.3) is 0 Å². The number of nitrogens with zero attached hydrogens (tertiary/aromatic N) is 1. The Bertz CT molecular complexity index is 547. The quantitative estimate of drug-likeness (QED) is 0.823. The van der Waals surface area contributed by atoms with Gasteiger partial charge in [0, 0.05) is 25.0 Å². The van der Waals surface area contributed by atoms with E-state index >= 15 is 0 Å². The van der Waals surface area contributed by atoms with E-state index < -0.39 is 6.10 Å². The first-order valence-electron chi connectivity index (χ1n) is 7.21. The van der Waals surface area contributed by atoms with Crippen molar-refractivity contribution in [1.29, 1.82) is 0 Å². The third-order valence-corrected chi connectivity index (χ3v) is 3.56. The van der Waals surface area contributed by atoms with E-state index in [1.165, 1.54) is 6.07 Å².